The second kappa shape index (κ2) is 4.01. The van der Waals surface area contributed by atoms with E-state index in [2.05, 4.69) is 34.2 Å². The van der Waals surface area contributed by atoms with Gasteiger partial charge in [-0.15, -0.1) is 0 Å². The Morgan fingerprint density at radius 2 is 1.93 bits per heavy atom. The smallest absolute Gasteiger partial charge is 0.115 e. The SMILES string of the molecule is Cc1ncncc1Cc1ccccc1. The van der Waals surface area contributed by atoms with E-state index in [9.17, 15) is 0 Å². The van der Waals surface area contributed by atoms with Crippen LogP contribution in [0.2, 0.25) is 0 Å². The summed E-state index contributed by atoms with van der Waals surface area (Å²) in [5, 5.41) is 0. The number of hydrogen-bond donors (Lipinski definition) is 0. The molecule has 70 valence electrons. The Morgan fingerprint density at radius 3 is 2.64 bits per heavy atom. The highest BCUT2D eigenvalue weighted by atomic mass is 14.8. The Labute approximate surface area is 83.7 Å². The molecule has 0 saturated carbocycles. The van der Waals surface area contributed by atoms with Gasteiger partial charge in [0, 0.05) is 18.3 Å². The molecule has 14 heavy (non-hydrogen) atoms. The molecule has 0 aliphatic heterocycles. The minimum absolute atomic E-state index is 0.910. The van der Waals surface area contributed by atoms with Gasteiger partial charge in [-0.1, -0.05) is 30.3 Å². The first-order valence-electron chi connectivity index (χ1n) is 4.65. The van der Waals surface area contributed by atoms with Gasteiger partial charge >= 0.3 is 0 Å². The van der Waals surface area contributed by atoms with Gasteiger partial charge in [-0.25, -0.2) is 9.97 Å². The van der Waals surface area contributed by atoms with Crippen LogP contribution >= 0.6 is 0 Å². The van der Waals surface area contributed by atoms with Crippen LogP contribution in [0, 0.1) is 6.92 Å². The van der Waals surface area contributed by atoms with Crippen molar-refractivity contribution in [3.05, 3.63) is 59.7 Å². The summed E-state index contributed by atoms with van der Waals surface area (Å²) >= 11 is 0. The molecule has 2 heteroatoms. The predicted octanol–water partition coefficient (Wildman–Crippen LogP) is 2.38. The van der Waals surface area contributed by atoms with Gasteiger partial charge in [-0.2, -0.15) is 0 Å². The van der Waals surface area contributed by atoms with Gasteiger partial charge in [-0.3, -0.25) is 0 Å². The molecule has 0 aliphatic rings. The van der Waals surface area contributed by atoms with Crippen molar-refractivity contribution in [3.8, 4) is 0 Å². The molecule has 0 unspecified atom stereocenters. The van der Waals surface area contributed by atoms with E-state index in [-0.39, 0.29) is 0 Å². The largest absolute Gasteiger partial charge is 0.245 e. The molecule has 0 fully saturated rings. The van der Waals surface area contributed by atoms with Crippen LogP contribution in [0.25, 0.3) is 0 Å². The first-order chi connectivity index (χ1) is 6.86. The Balaban J connectivity index is 2.24. The zero-order valence-corrected chi connectivity index (χ0v) is 8.14. The van der Waals surface area contributed by atoms with Gasteiger partial charge in [0.2, 0.25) is 0 Å². The highest BCUT2D eigenvalue weighted by Gasteiger charge is 1.99. The molecule has 0 amide bonds. The van der Waals surface area contributed by atoms with Crippen molar-refractivity contribution in [1.82, 2.24) is 9.97 Å². The Bertz CT molecular complexity index is 410. The molecule has 1 aromatic heterocycles. The van der Waals surface area contributed by atoms with Crippen molar-refractivity contribution < 1.29 is 0 Å². The van der Waals surface area contributed by atoms with E-state index < -0.39 is 0 Å². The number of rotatable bonds is 2. The van der Waals surface area contributed by atoms with Crippen molar-refractivity contribution in [1.29, 1.82) is 0 Å². The molecule has 1 heterocycles. The summed E-state index contributed by atoms with van der Waals surface area (Å²) < 4.78 is 0. The third-order valence-corrected chi connectivity index (χ3v) is 2.25. The Hall–Kier alpha value is -1.70. The lowest BCUT2D eigenvalue weighted by Crippen LogP contribution is -1.95. The number of hydrogen-bond acceptors (Lipinski definition) is 2. The monoisotopic (exact) mass is 184 g/mol. The predicted molar refractivity (Wildman–Crippen MR) is 56.0 cm³/mol. The van der Waals surface area contributed by atoms with E-state index in [4.69, 9.17) is 0 Å². The topological polar surface area (TPSA) is 25.8 Å². The average molecular weight is 184 g/mol. The van der Waals surface area contributed by atoms with Crippen LogP contribution in [-0.2, 0) is 6.42 Å². The van der Waals surface area contributed by atoms with E-state index in [1.165, 1.54) is 11.1 Å². The standard InChI is InChI=1S/C12H12N2/c1-10-12(8-13-9-14-10)7-11-5-3-2-4-6-11/h2-6,8-9H,7H2,1H3. The quantitative estimate of drug-likeness (QED) is 0.716. The van der Waals surface area contributed by atoms with Crippen molar-refractivity contribution >= 4 is 0 Å². The molecule has 2 rings (SSSR count). The molecule has 0 atom stereocenters. The molecule has 1 aromatic carbocycles. The summed E-state index contributed by atoms with van der Waals surface area (Å²) in [5.74, 6) is 0. The summed E-state index contributed by atoms with van der Waals surface area (Å²) in [6.45, 7) is 2.01. The van der Waals surface area contributed by atoms with Crippen molar-refractivity contribution in [2.24, 2.45) is 0 Å². The van der Waals surface area contributed by atoms with Crippen LogP contribution in [0.4, 0.5) is 0 Å². The second-order valence-corrected chi connectivity index (χ2v) is 3.30. The van der Waals surface area contributed by atoms with Gasteiger partial charge in [0.1, 0.15) is 6.33 Å². The lowest BCUT2D eigenvalue weighted by atomic mass is 10.1. The molecule has 0 saturated heterocycles. The maximum atomic E-state index is 4.16. The summed E-state index contributed by atoms with van der Waals surface area (Å²) in [5.41, 5.74) is 3.55. The minimum Gasteiger partial charge on any atom is -0.245 e. The lowest BCUT2D eigenvalue weighted by Gasteiger charge is -2.03. The highest BCUT2D eigenvalue weighted by molar-refractivity contribution is 5.25. The highest BCUT2D eigenvalue weighted by Crippen LogP contribution is 2.09. The summed E-state index contributed by atoms with van der Waals surface area (Å²) in [4.78, 5) is 8.19. The maximum Gasteiger partial charge on any atom is 0.115 e. The molecule has 0 bridgehead atoms. The number of benzene rings is 1. The first kappa shape index (κ1) is 8.88. The fourth-order valence-electron chi connectivity index (χ4n) is 1.41. The number of aromatic nitrogens is 2. The maximum absolute atomic E-state index is 4.16. The fourth-order valence-corrected chi connectivity index (χ4v) is 1.41. The molecule has 2 aromatic rings. The Kier molecular flexibility index (Phi) is 2.54. The average Bonchev–Trinajstić information content (AvgIpc) is 2.23. The van der Waals surface area contributed by atoms with Gasteiger partial charge < -0.3 is 0 Å². The fraction of sp³-hybridized carbons (Fsp3) is 0.167. The second-order valence-electron chi connectivity index (χ2n) is 3.30. The summed E-state index contributed by atoms with van der Waals surface area (Å²) in [6.07, 6.45) is 4.38. The van der Waals surface area contributed by atoms with E-state index in [1.54, 1.807) is 6.33 Å². The third kappa shape index (κ3) is 1.96. The molecule has 0 N–H and O–H groups in total. The van der Waals surface area contributed by atoms with Crippen LogP contribution in [0.1, 0.15) is 16.8 Å². The normalized spacial score (nSPS) is 10.1. The first-order valence-corrected chi connectivity index (χ1v) is 4.65. The van der Waals surface area contributed by atoms with Crippen LogP contribution in [0.15, 0.2) is 42.9 Å². The summed E-state index contributed by atoms with van der Waals surface area (Å²) in [7, 11) is 0. The van der Waals surface area contributed by atoms with Crippen LogP contribution in [0.5, 0.6) is 0 Å². The number of aryl methyl sites for hydroxylation is 1. The molecule has 0 radical (unpaired) electrons. The summed E-state index contributed by atoms with van der Waals surface area (Å²) in [6, 6.07) is 10.4. The van der Waals surface area contributed by atoms with Gasteiger partial charge in [-0.05, 0) is 18.1 Å². The van der Waals surface area contributed by atoms with E-state index in [0.29, 0.717) is 0 Å². The van der Waals surface area contributed by atoms with Crippen LogP contribution < -0.4 is 0 Å². The molecular formula is C12H12N2. The molecule has 0 spiro atoms. The van der Waals surface area contributed by atoms with Gasteiger partial charge in [0.25, 0.3) is 0 Å². The number of nitrogens with zero attached hydrogens (tertiary/aromatic N) is 2. The van der Waals surface area contributed by atoms with E-state index in [0.717, 1.165) is 12.1 Å². The van der Waals surface area contributed by atoms with Crippen molar-refractivity contribution in [3.63, 3.8) is 0 Å². The van der Waals surface area contributed by atoms with Gasteiger partial charge in [0.15, 0.2) is 0 Å². The van der Waals surface area contributed by atoms with Crippen LogP contribution in [0.3, 0.4) is 0 Å². The third-order valence-electron chi connectivity index (χ3n) is 2.25. The van der Waals surface area contributed by atoms with Crippen LogP contribution in [-0.4, -0.2) is 9.97 Å². The molecule has 0 aliphatic carbocycles. The van der Waals surface area contributed by atoms with E-state index in [1.807, 2.05) is 19.2 Å². The minimum atomic E-state index is 0.910. The molecular weight excluding hydrogens is 172 g/mol. The van der Waals surface area contributed by atoms with Crippen molar-refractivity contribution in [2.75, 3.05) is 0 Å². The zero-order valence-electron chi connectivity index (χ0n) is 8.14. The zero-order chi connectivity index (χ0) is 9.80. The molecule has 2 nitrogen and oxygen atoms in total. The van der Waals surface area contributed by atoms with Gasteiger partial charge in [0.05, 0.1) is 0 Å². The van der Waals surface area contributed by atoms with Crippen molar-refractivity contribution in [2.45, 2.75) is 13.3 Å². The Morgan fingerprint density at radius 1 is 1.14 bits per heavy atom. The van der Waals surface area contributed by atoms with E-state index >= 15 is 0 Å². The lowest BCUT2D eigenvalue weighted by molar-refractivity contribution is 1.01.